The van der Waals surface area contributed by atoms with Gasteiger partial charge in [0.15, 0.2) is 0 Å². The molecule has 0 aliphatic carbocycles. The van der Waals surface area contributed by atoms with Crippen LogP contribution in [-0.2, 0) is 36.5 Å². The van der Waals surface area contributed by atoms with E-state index < -0.39 is 10.0 Å². The van der Waals surface area contributed by atoms with E-state index in [0.717, 1.165) is 48.4 Å². The van der Waals surface area contributed by atoms with Gasteiger partial charge in [-0.05, 0) is 61.0 Å². The van der Waals surface area contributed by atoms with Crippen molar-refractivity contribution in [3.8, 4) is 0 Å². The third-order valence-corrected chi connectivity index (χ3v) is 8.83. The summed E-state index contributed by atoms with van der Waals surface area (Å²) in [6.07, 6.45) is 1.66. The van der Waals surface area contributed by atoms with E-state index in [4.69, 9.17) is 10.7 Å². The molecule has 0 fully saturated rings. The van der Waals surface area contributed by atoms with Crippen LogP contribution in [0.15, 0.2) is 77.7 Å². The van der Waals surface area contributed by atoms with Gasteiger partial charge < -0.3 is 15.2 Å². The van der Waals surface area contributed by atoms with Gasteiger partial charge in [0.25, 0.3) is 10.0 Å². The number of imidazole rings is 1. The van der Waals surface area contributed by atoms with Gasteiger partial charge in [-0.15, -0.1) is 0 Å². The predicted octanol–water partition coefficient (Wildman–Crippen LogP) is 4.35. The first-order chi connectivity index (χ1) is 17.9. The topological polar surface area (TPSA) is 84.5 Å². The minimum absolute atomic E-state index is 0.289. The predicted molar refractivity (Wildman–Crippen MR) is 151 cm³/mol. The molecule has 196 valence electrons. The molecule has 0 saturated carbocycles. The van der Waals surface area contributed by atoms with Crippen LogP contribution in [0.3, 0.4) is 0 Å². The molecule has 0 atom stereocenters. The molecule has 4 aromatic rings. The molecule has 0 spiro atoms. The normalized spacial score (nSPS) is 11.9. The van der Waals surface area contributed by atoms with Crippen molar-refractivity contribution in [1.29, 1.82) is 0 Å². The van der Waals surface area contributed by atoms with Crippen LogP contribution >= 0.6 is 0 Å². The lowest BCUT2D eigenvalue weighted by Crippen LogP contribution is -2.38. The number of likely N-dealkylation sites (N-methyl/N-ethyl adjacent to an activating group) is 1. The van der Waals surface area contributed by atoms with E-state index >= 15 is 0 Å². The van der Waals surface area contributed by atoms with Crippen LogP contribution in [0.4, 0.5) is 5.69 Å². The van der Waals surface area contributed by atoms with Crippen molar-refractivity contribution in [2.45, 2.75) is 38.1 Å². The maximum atomic E-state index is 13.7. The Morgan fingerprint density at radius 1 is 0.865 bits per heavy atom. The van der Waals surface area contributed by atoms with Crippen molar-refractivity contribution in [2.75, 3.05) is 30.5 Å². The second kappa shape index (κ2) is 11.9. The number of rotatable bonds is 12. The van der Waals surface area contributed by atoms with Gasteiger partial charge >= 0.3 is 0 Å². The molecule has 2 N–H and O–H groups in total. The lowest BCUT2D eigenvalue weighted by Gasteiger charge is -2.27. The zero-order valence-electron chi connectivity index (χ0n) is 22.0. The van der Waals surface area contributed by atoms with Gasteiger partial charge in [0, 0.05) is 33.1 Å². The molecule has 0 aliphatic rings. The smallest absolute Gasteiger partial charge is 0.264 e. The maximum absolute atomic E-state index is 13.7. The number of nitrogens with two attached hydrogens (primary N) is 1. The molecule has 0 unspecified atom stereocenters. The quantitative estimate of drug-likeness (QED) is 0.301. The van der Waals surface area contributed by atoms with Crippen LogP contribution in [0, 0.1) is 0 Å². The molecule has 4 rings (SSSR count). The van der Waals surface area contributed by atoms with Gasteiger partial charge in [-0.25, -0.2) is 13.4 Å². The van der Waals surface area contributed by atoms with Crippen molar-refractivity contribution in [1.82, 2.24) is 14.5 Å². The Morgan fingerprint density at radius 2 is 1.54 bits per heavy atom. The van der Waals surface area contributed by atoms with E-state index in [0.29, 0.717) is 25.3 Å². The monoisotopic (exact) mass is 519 g/mol. The van der Waals surface area contributed by atoms with Crippen molar-refractivity contribution >= 4 is 26.7 Å². The van der Waals surface area contributed by atoms with E-state index in [1.54, 1.807) is 24.3 Å². The number of aryl methyl sites for hydroxylation is 3. The highest BCUT2D eigenvalue weighted by Gasteiger charge is 2.26. The zero-order valence-corrected chi connectivity index (χ0v) is 22.8. The highest BCUT2D eigenvalue weighted by Crippen LogP contribution is 2.28. The number of hydrogen-bond acceptors (Lipinski definition) is 5. The summed E-state index contributed by atoms with van der Waals surface area (Å²) in [6, 6.07) is 22.8. The summed E-state index contributed by atoms with van der Waals surface area (Å²) in [4.78, 5) is 7.41. The van der Waals surface area contributed by atoms with Crippen LogP contribution in [0.2, 0.25) is 0 Å². The van der Waals surface area contributed by atoms with Crippen LogP contribution < -0.4 is 10.0 Å². The molecule has 1 aromatic heterocycles. The molecule has 8 heteroatoms. The van der Waals surface area contributed by atoms with Crippen LogP contribution in [-0.4, -0.2) is 49.0 Å². The van der Waals surface area contributed by atoms with E-state index in [-0.39, 0.29) is 4.90 Å². The number of anilines is 1. The Balaban J connectivity index is 1.64. The molecule has 0 radical (unpaired) electrons. The molecule has 1 heterocycles. The highest BCUT2D eigenvalue weighted by molar-refractivity contribution is 7.92. The van der Waals surface area contributed by atoms with Crippen molar-refractivity contribution in [3.63, 3.8) is 0 Å². The van der Waals surface area contributed by atoms with E-state index in [2.05, 4.69) is 47.6 Å². The molecular formula is C29H37N5O2S. The van der Waals surface area contributed by atoms with E-state index in [1.807, 2.05) is 31.3 Å². The second-order valence-electron chi connectivity index (χ2n) is 9.20. The maximum Gasteiger partial charge on any atom is 0.264 e. The highest BCUT2D eigenvalue weighted by atomic mass is 32.2. The van der Waals surface area contributed by atoms with Gasteiger partial charge in [-0.1, -0.05) is 56.3 Å². The lowest BCUT2D eigenvalue weighted by molar-refractivity contribution is 0.313. The summed E-state index contributed by atoms with van der Waals surface area (Å²) in [5.74, 6) is 0.968. The minimum Gasteiger partial charge on any atom is -0.331 e. The third-order valence-electron chi connectivity index (χ3n) is 6.99. The summed E-state index contributed by atoms with van der Waals surface area (Å²) in [5.41, 5.74) is 10.5. The van der Waals surface area contributed by atoms with Gasteiger partial charge in [0.05, 0.1) is 21.6 Å². The molecule has 0 amide bonds. The fourth-order valence-corrected chi connectivity index (χ4v) is 6.06. The fraction of sp³-hybridized carbons (Fsp3) is 0.345. The number of sulfonamides is 1. The molecule has 37 heavy (non-hydrogen) atoms. The molecular weight excluding hydrogens is 482 g/mol. The SMILES string of the molecule is CCN(CC)CCN(c1ccc2c(c1)nc(CCc1ccc(CN)cc1)n2C)S(=O)(=O)c1ccccc1. The molecule has 7 nitrogen and oxygen atoms in total. The Hall–Kier alpha value is -3.20. The molecule has 0 bridgehead atoms. The number of fused-ring (bicyclic) bond motifs is 1. The zero-order chi connectivity index (χ0) is 26.4. The minimum atomic E-state index is -3.73. The summed E-state index contributed by atoms with van der Waals surface area (Å²) in [7, 11) is -1.71. The first-order valence-corrected chi connectivity index (χ1v) is 14.3. The Bertz CT molecular complexity index is 1410. The van der Waals surface area contributed by atoms with E-state index in [9.17, 15) is 8.42 Å². The second-order valence-corrected chi connectivity index (χ2v) is 11.1. The average Bonchev–Trinajstić information content (AvgIpc) is 3.25. The average molecular weight is 520 g/mol. The van der Waals surface area contributed by atoms with Gasteiger partial charge in [0.1, 0.15) is 5.82 Å². The molecule has 0 saturated heterocycles. The van der Waals surface area contributed by atoms with Crippen LogP contribution in [0.5, 0.6) is 0 Å². The van der Waals surface area contributed by atoms with Gasteiger partial charge in [-0.3, -0.25) is 4.31 Å². The fourth-order valence-electron chi connectivity index (χ4n) is 4.59. The first kappa shape index (κ1) is 26.9. The molecule has 3 aromatic carbocycles. The first-order valence-electron chi connectivity index (χ1n) is 12.9. The third kappa shape index (κ3) is 6.04. The standard InChI is InChI=1S/C29H37N5O2S/c1-4-33(5-2)19-20-34(37(35,36)26-9-7-6-8-10-26)25-16-17-28-27(21-25)31-29(32(28)3)18-15-23-11-13-24(22-30)14-12-23/h6-14,16-17,21H,4-5,15,18-20,22,30H2,1-3H3. The number of nitrogens with zero attached hydrogens (tertiary/aromatic N) is 4. The summed E-state index contributed by atoms with van der Waals surface area (Å²) >= 11 is 0. The van der Waals surface area contributed by atoms with Crippen molar-refractivity contribution in [2.24, 2.45) is 12.8 Å². The Labute approximate surface area is 220 Å². The number of benzene rings is 3. The lowest BCUT2D eigenvalue weighted by atomic mass is 10.1. The van der Waals surface area contributed by atoms with Crippen LogP contribution in [0.25, 0.3) is 11.0 Å². The van der Waals surface area contributed by atoms with Gasteiger partial charge in [0.2, 0.25) is 0 Å². The Kier molecular flexibility index (Phi) is 8.63. The number of hydrogen-bond donors (Lipinski definition) is 1. The molecule has 0 aliphatic heterocycles. The number of aromatic nitrogens is 2. The van der Waals surface area contributed by atoms with Gasteiger partial charge in [-0.2, -0.15) is 0 Å². The van der Waals surface area contributed by atoms with Crippen molar-refractivity contribution < 1.29 is 8.42 Å². The summed E-state index contributed by atoms with van der Waals surface area (Å²) in [5, 5.41) is 0. The van der Waals surface area contributed by atoms with Crippen molar-refractivity contribution in [3.05, 3.63) is 89.7 Å². The largest absolute Gasteiger partial charge is 0.331 e. The summed E-state index contributed by atoms with van der Waals surface area (Å²) < 4.78 is 31.0. The van der Waals surface area contributed by atoms with E-state index in [1.165, 1.54) is 9.87 Å². The Morgan fingerprint density at radius 3 is 2.19 bits per heavy atom. The summed E-state index contributed by atoms with van der Waals surface area (Å²) in [6.45, 7) is 7.47. The van der Waals surface area contributed by atoms with Crippen LogP contribution in [0.1, 0.15) is 30.8 Å².